The molecule has 0 saturated carbocycles. The Morgan fingerprint density at radius 3 is 2.74 bits per heavy atom. The Kier molecular flexibility index (Phi) is 3.56. The lowest BCUT2D eigenvalue weighted by atomic mass is 9.98. The SMILES string of the molecule is CC(C)c1nc2ccccc2n1CC1CCNCC1. The van der Waals surface area contributed by atoms with Gasteiger partial charge >= 0.3 is 0 Å². The molecular formula is C16H23N3. The van der Waals surface area contributed by atoms with E-state index < -0.39 is 0 Å². The van der Waals surface area contributed by atoms with E-state index in [1.165, 1.54) is 24.2 Å². The molecule has 1 aliphatic heterocycles. The summed E-state index contributed by atoms with van der Waals surface area (Å²) in [5.41, 5.74) is 2.44. The number of piperidine rings is 1. The van der Waals surface area contributed by atoms with E-state index in [2.05, 4.69) is 48.0 Å². The molecule has 0 radical (unpaired) electrons. The number of fused-ring (bicyclic) bond motifs is 1. The van der Waals surface area contributed by atoms with Gasteiger partial charge < -0.3 is 9.88 Å². The van der Waals surface area contributed by atoms with E-state index in [9.17, 15) is 0 Å². The average Bonchev–Trinajstić information content (AvgIpc) is 2.79. The molecule has 19 heavy (non-hydrogen) atoms. The zero-order chi connectivity index (χ0) is 13.2. The third-order valence-electron chi connectivity index (χ3n) is 4.10. The summed E-state index contributed by atoms with van der Waals surface area (Å²) in [7, 11) is 0. The molecule has 1 aliphatic rings. The maximum absolute atomic E-state index is 4.83. The van der Waals surface area contributed by atoms with Crippen molar-refractivity contribution in [3.05, 3.63) is 30.1 Å². The van der Waals surface area contributed by atoms with Crippen LogP contribution in [0.15, 0.2) is 24.3 Å². The van der Waals surface area contributed by atoms with Gasteiger partial charge in [-0.2, -0.15) is 0 Å². The van der Waals surface area contributed by atoms with Crippen LogP contribution in [0, 0.1) is 5.92 Å². The van der Waals surface area contributed by atoms with Crippen LogP contribution in [-0.4, -0.2) is 22.6 Å². The minimum Gasteiger partial charge on any atom is -0.327 e. The molecule has 0 bridgehead atoms. The van der Waals surface area contributed by atoms with Crippen LogP contribution >= 0.6 is 0 Å². The van der Waals surface area contributed by atoms with Gasteiger partial charge in [0.15, 0.2) is 0 Å². The molecule has 0 atom stereocenters. The second-order valence-corrected chi connectivity index (χ2v) is 5.92. The molecule has 0 spiro atoms. The van der Waals surface area contributed by atoms with E-state index in [1.807, 2.05) is 0 Å². The van der Waals surface area contributed by atoms with E-state index in [0.717, 1.165) is 31.1 Å². The fraction of sp³-hybridized carbons (Fsp3) is 0.562. The van der Waals surface area contributed by atoms with Gasteiger partial charge in [-0.3, -0.25) is 0 Å². The summed E-state index contributed by atoms with van der Waals surface area (Å²) in [6, 6.07) is 8.52. The standard InChI is InChI=1S/C16H23N3/c1-12(2)16-18-14-5-3-4-6-15(14)19(16)11-13-7-9-17-10-8-13/h3-6,12-13,17H,7-11H2,1-2H3. The van der Waals surface area contributed by atoms with Crippen molar-refractivity contribution in [2.75, 3.05) is 13.1 Å². The van der Waals surface area contributed by atoms with Crippen molar-refractivity contribution in [2.24, 2.45) is 5.92 Å². The number of rotatable bonds is 3. The number of imidazole rings is 1. The number of nitrogens with zero attached hydrogens (tertiary/aromatic N) is 2. The van der Waals surface area contributed by atoms with Crippen LogP contribution in [0.1, 0.15) is 38.4 Å². The lowest BCUT2D eigenvalue weighted by Crippen LogP contribution is -2.30. The van der Waals surface area contributed by atoms with Crippen LogP contribution in [0.2, 0.25) is 0 Å². The van der Waals surface area contributed by atoms with Crippen LogP contribution in [-0.2, 0) is 6.54 Å². The Hall–Kier alpha value is -1.35. The number of aromatic nitrogens is 2. The van der Waals surface area contributed by atoms with E-state index in [0.29, 0.717) is 5.92 Å². The molecule has 1 fully saturated rings. The molecule has 1 aromatic carbocycles. The first-order valence-corrected chi connectivity index (χ1v) is 7.41. The third-order valence-corrected chi connectivity index (χ3v) is 4.10. The largest absolute Gasteiger partial charge is 0.327 e. The number of benzene rings is 1. The van der Waals surface area contributed by atoms with Gasteiger partial charge in [0, 0.05) is 12.5 Å². The van der Waals surface area contributed by atoms with E-state index in [-0.39, 0.29) is 0 Å². The van der Waals surface area contributed by atoms with E-state index in [1.54, 1.807) is 0 Å². The average molecular weight is 257 g/mol. The topological polar surface area (TPSA) is 29.9 Å². The molecule has 102 valence electrons. The summed E-state index contributed by atoms with van der Waals surface area (Å²) in [6.07, 6.45) is 2.56. The monoisotopic (exact) mass is 257 g/mol. The molecular weight excluding hydrogens is 234 g/mol. The molecule has 1 aromatic heterocycles. The Balaban J connectivity index is 1.97. The highest BCUT2D eigenvalue weighted by atomic mass is 15.1. The van der Waals surface area contributed by atoms with Crippen molar-refractivity contribution in [1.29, 1.82) is 0 Å². The molecule has 0 amide bonds. The van der Waals surface area contributed by atoms with Gasteiger partial charge in [0.2, 0.25) is 0 Å². The molecule has 2 heterocycles. The van der Waals surface area contributed by atoms with Gasteiger partial charge in [-0.05, 0) is 44.0 Å². The van der Waals surface area contributed by atoms with Gasteiger partial charge in [-0.25, -0.2) is 4.98 Å². The quantitative estimate of drug-likeness (QED) is 0.915. The summed E-state index contributed by atoms with van der Waals surface area (Å²) in [4.78, 5) is 4.83. The minimum atomic E-state index is 0.481. The van der Waals surface area contributed by atoms with Crippen molar-refractivity contribution < 1.29 is 0 Å². The summed E-state index contributed by atoms with van der Waals surface area (Å²) in [5, 5.41) is 3.44. The molecule has 2 aromatic rings. The normalized spacial score (nSPS) is 17.4. The van der Waals surface area contributed by atoms with Gasteiger partial charge in [-0.15, -0.1) is 0 Å². The second kappa shape index (κ2) is 5.33. The maximum Gasteiger partial charge on any atom is 0.112 e. The molecule has 0 aliphatic carbocycles. The van der Waals surface area contributed by atoms with Crippen LogP contribution in [0.5, 0.6) is 0 Å². The Morgan fingerprint density at radius 2 is 2.00 bits per heavy atom. The fourth-order valence-corrected chi connectivity index (χ4v) is 3.05. The van der Waals surface area contributed by atoms with Crippen molar-refractivity contribution >= 4 is 11.0 Å². The van der Waals surface area contributed by atoms with Crippen molar-refractivity contribution in [2.45, 2.75) is 39.2 Å². The van der Waals surface area contributed by atoms with Crippen LogP contribution in [0.25, 0.3) is 11.0 Å². The first kappa shape index (κ1) is 12.7. The highest BCUT2D eigenvalue weighted by Crippen LogP contribution is 2.25. The minimum absolute atomic E-state index is 0.481. The molecule has 0 unspecified atom stereocenters. The lowest BCUT2D eigenvalue weighted by molar-refractivity contribution is 0.331. The second-order valence-electron chi connectivity index (χ2n) is 5.92. The summed E-state index contributed by atoms with van der Waals surface area (Å²) >= 11 is 0. The predicted octanol–water partition coefficient (Wildman–Crippen LogP) is 3.16. The van der Waals surface area contributed by atoms with Crippen molar-refractivity contribution in [3.63, 3.8) is 0 Å². The van der Waals surface area contributed by atoms with Gasteiger partial charge in [0.25, 0.3) is 0 Å². The molecule has 1 N–H and O–H groups in total. The number of hydrogen-bond acceptors (Lipinski definition) is 2. The number of nitrogens with one attached hydrogen (secondary N) is 1. The zero-order valence-electron chi connectivity index (χ0n) is 11.9. The third kappa shape index (κ3) is 2.52. The number of para-hydroxylation sites is 2. The Labute approximate surface area is 115 Å². The smallest absolute Gasteiger partial charge is 0.112 e. The summed E-state index contributed by atoms with van der Waals surface area (Å²) in [6.45, 7) is 7.92. The van der Waals surface area contributed by atoms with Gasteiger partial charge in [0.1, 0.15) is 5.82 Å². The molecule has 1 saturated heterocycles. The predicted molar refractivity (Wildman–Crippen MR) is 79.4 cm³/mol. The summed E-state index contributed by atoms with van der Waals surface area (Å²) in [5.74, 6) is 2.50. The lowest BCUT2D eigenvalue weighted by Gasteiger charge is -2.24. The molecule has 3 rings (SSSR count). The summed E-state index contributed by atoms with van der Waals surface area (Å²) < 4.78 is 2.45. The zero-order valence-corrected chi connectivity index (χ0v) is 11.9. The molecule has 3 heteroatoms. The highest BCUT2D eigenvalue weighted by molar-refractivity contribution is 5.76. The van der Waals surface area contributed by atoms with Crippen LogP contribution < -0.4 is 5.32 Å². The van der Waals surface area contributed by atoms with Gasteiger partial charge in [0.05, 0.1) is 11.0 Å². The first-order valence-electron chi connectivity index (χ1n) is 7.41. The van der Waals surface area contributed by atoms with Crippen LogP contribution in [0.4, 0.5) is 0 Å². The van der Waals surface area contributed by atoms with Crippen molar-refractivity contribution in [1.82, 2.24) is 14.9 Å². The van der Waals surface area contributed by atoms with Gasteiger partial charge in [-0.1, -0.05) is 26.0 Å². The van der Waals surface area contributed by atoms with Crippen LogP contribution in [0.3, 0.4) is 0 Å². The Morgan fingerprint density at radius 1 is 1.26 bits per heavy atom. The first-order chi connectivity index (χ1) is 9.25. The fourth-order valence-electron chi connectivity index (χ4n) is 3.05. The van der Waals surface area contributed by atoms with Crippen molar-refractivity contribution in [3.8, 4) is 0 Å². The maximum atomic E-state index is 4.83. The highest BCUT2D eigenvalue weighted by Gasteiger charge is 2.18. The number of hydrogen-bond donors (Lipinski definition) is 1. The van der Waals surface area contributed by atoms with E-state index >= 15 is 0 Å². The van der Waals surface area contributed by atoms with E-state index in [4.69, 9.17) is 4.98 Å². The molecule has 3 nitrogen and oxygen atoms in total. The Bertz CT molecular complexity index is 550.